The predicted octanol–water partition coefficient (Wildman–Crippen LogP) is 3.16. The van der Waals surface area contributed by atoms with E-state index in [9.17, 15) is 0 Å². The highest BCUT2D eigenvalue weighted by molar-refractivity contribution is 7.16. The molecule has 92 valence electrons. The molecule has 1 atom stereocenters. The van der Waals surface area contributed by atoms with Crippen LogP contribution in [0.5, 0.6) is 5.88 Å². The minimum Gasteiger partial charge on any atom is -0.474 e. The molecule has 2 heterocycles. The molecule has 0 spiro atoms. The molecule has 0 amide bonds. The third kappa shape index (κ3) is 2.49. The van der Waals surface area contributed by atoms with Crippen LogP contribution in [0.15, 0.2) is 11.4 Å². The summed E-state index contributed by atoms with van der Waals surface area (Å²) in [5.74, 6) is 1.73. The lowest BCUT2D eigenvalue weighted by Gasteiger charge is -2.18. The molecule has 0 radical (unpaired) electrons. The summed E-state index contributed by atoms with van der Waals surface area (Å²) in [4.78, 5) is 9.71. The summed E-state index contributed by atoms with van der Waals surface area (Å²) >= 11 is 1.60. The topological polar surface area (TPSA) is 47.0 Å². The summed E-state index contributed by atoms with van der Waals surface area (Å²) < 4.78 is 5.91. The van der Waals surface area contributed by atoms with E-state index in [2.05, 4.69) is 36.1 Å². The van der Waals surface area contributed by atoms with Crippen molar-refractivity contribution >= 4 is 27.5 Å². The van der Waals surface area contributed by atoms with Crippen molar-refractivity contribution in [3.8, 4) is 5.88 Å². The van der Waals surface area contributed by atoms with Crippen LogP contribution in [0.1, 0.15) is 20.8 Å². The molecule has 5 heteroatoms. The first-order chi connectivity index (χ1) is 8.11. The summed E-state index contributed by atoms with van der Waals surface area (Å²) in [6.07, 6.45) is 0.137. The largest absolute Gasteiger partial charge is 0.474 e. The van der Waals surface area contributed by atoms with Crippen molar-refractivity contribution in [3.63, 3.8) is 0 Å². The van der Waals surface area contributed by atoms with Crippen molar-refractivity contribution in [3.05, 3.63) is 11.4 Å². The molecule has 0 saturated carbocycles. The number of thiophene rings is 1. The standard InChI is InChI=1S/C12H17N3OS/c1-7(2)8(3)16-10-9-5-6-17-11(9)15-12(13-4)14-10/h5-8H,1-4H3,(H,13,14,15). The van der Waals surface area contributed by atoms with Crippen molar-refractivity contribution in [2.24, 2.45) is 5.92 Å². The normalized spacial score (nSPS) is 13.0. The molecule has 0 bridgehead atoms. The van der Waals surface area contributed by atoms with Crippen LogP contribution in [0.2, 0.25) is 0 Å². The van der Waals surface area contributed by atoms with Gasteiger partial charge in [-0.15, -0.1) is 11.3 Å². The number of ether oxygens (including phenoxy) is 1. The van der Waals surface area contributed by atoms with E-state index in [4.69, 9.17) is 4.74 Å². The molecule has 0 aliphatic heterocycles. The maximum absolute atomic E-state index is 5.91. The van der Waals surface area contributed by atoms with Gasteiger partial charge in [-0.3, -0.25) is 0 Å². The second kappa shape index (κ2) is 4.87. The minimum atomic E-state index is 0.137. The fraction of sp³-hybridized carbons (Fsp3) is 0.500. The Bertz CT molecular complexity index is 509. The number of hydrogen-bond donors (Lipinski definition) is 1. The van der Waals surface area contributed by atoms with Gasteiger partial charge in [0.15, 0.2) is 0 Å². The third-order valence-corrected chi connectivity index (χ3v) is 3.56. The molecule has 0 fully saturated rings. The van der Waals surface area contributed by atoms with E-state index in [0.29, 0.717) is 17.7 Å². The SMILES string of the molecule is CNc1nc(OC(C)C(C)C)c2ccsc2n1. The van der Waals surface area contributed by atoms with Crippen LogP contribution >= 0.6 is 11.3 Å². The summed E-state index contributed by atoms with van der Waals surface area (Å²) in [5.41, 5.74) is 0. The van der Waals surface area contributed by atoms with Crippen molar-refractivity contribution < 1.29 is 4.74 Å². The summed E-state index contributed by atoms with van der Waals surface area (Å²) in [6.45, 7) is 6.33. The van der Waals surface area contributed by atoms with E-state index < -0.39 is 0 Å². The number of rotatable bonds is 4. The Morgan fingerprint density at radius 2 is 2.06 bits per heavy atom. The molecule has 1 unspecified atom stereocenters. The van der Waals surface area contributed by atoms with Gasteiger partial charge in [-0.05, 0) is 24.3 Å². The summed E-state index contributed by atoms with van der Waals surface area (Å²) in [7, 11) is 1.81. The van der Waals surface area contributed by atoms with Gasteiger partial charge in [-0.1, -0.05) is 13.8 Å². The van der Waals surface area contributed by atoms with E-state index in [1.54, 1.807) is 11.3 Å². The molecule has 0 aromatic carbocycles. The van der Waals surface area contributed by atoms with Gasteiger partial charge >= 0.3 is 0 Å². The smallest absolute Gasteiger partial charge is 0.227 e. The number of hydrogen-bond acceptors (Lipinski definition) is 5. The first-order valence-corrected chi connectivity index (χ1v) is 6.59. The highest BCUT2D eigenvalue weighted by Crippen LogP contribution is 2.29. The van der Waals surface area contributed by atoms with Crippen molar-refractivity contribution in [1.82, 2.24) is 9.97 Å². The monoisotopic (exact) mass is 251 g/mol. The van der Waals surface area contributed by atoms with Crippen LogP contribution in [-0.4, -0.2) is 23.1 Å². The Morgan fingerprint density at radius 3 is 2.71 bits per heavy atom. The quantitative estimate of drug-likeness (QED) is 0.906. The van der Waals surface area contributed by atoms with Gasteiger partial charge in [-0.25, -0.2) is 4.98 Å². The molecule has 17 heavy (non-hydrogen) atoms. The predicted molar refractivity (Wildman–Crippen MR) is 71.9 cm³/mol. The number of nitrogens with zero attached hydrogens (tertiary/aromatic N) is 2. The van der Waals surface area contributed by atoms with Crippen molar-refractivity contribution in [1.29, 1.82) is 0 Å². The van der Waals surface area contributed by atoms with Gasteiger partial charge in [0.25, 0.3) is 0 Å². The van der Waals surface area contributed by atoms with Gasteiger partial charge in [0.1, 0.15) is 4.83 Å². The van der Waals surface area contributed by atoms with Crippen LogP contribution in [-0.2, 0) is 0 Å². The van der Waals surface area contributed by atoms with Crippen LogP contribution < -0.4 is 10.1 Å². The maximum Gasteiger partial charge on any atom is 0.227 e. The van der Waals surface area contributed by atoms with Crippen LogP contribution in [0.3, 0.4) is 0 Å². The van der Waals surface area contributed by atoms with E-state index in [1.165, 1.54) is 0 Å². The molecule has 0 aliphatic rings. The van der Waals surface area contributed by atoms with E-state index in [0.717, 1.165) is 10.2 Å². The van der Waals surface area contributed by atoms with Gasteiger partial charge < -0.3 is 10.1 Å². The number of aromatic nitrogens is 2. The van der Waals surface area contributed by atoms with Crippen molar-refractivity contribution in [2.75, 3.05) is 12.4 Å². The number of anilines is 1. The van der Waals surface area contributed by atoms with E-state index in [1.807, 2.05) is 18.5 Å². The summed E-state index contributed by atoms with van der Waals surface area (Å²) in [5, 5.41) is 5.95. The molecule has 0 aliphatic carbocycles. The first-order valence-electron chi connectivity index (χ1n) is 5.71. The zero-order valence-electron chi connectivity index (χ0n) is 10.5. The molecular weight excluding hydrogens is 234 g/mol. The number of nitrogens with one attached hydrogen (secondary N) is 1. The minimum absolute atomic E-state index is 0.137. The molecule has 2 aromatic heterocycles. The lowest BCUT2D eigenvalue weighted by molar-refractivity contribution is 0.166. The third-order valence-electron chi connectivity index (χ3n) is 2.75. The zero-order valence-corrected chi connectivity index (χ0v) is 11.3. The van der Waals surface area contributed by atoms with E-state index in [-0.39, 0.29) is 6.10 Å². The van der Waals surface area contributed by atoms with Crippen LogP contribution in [0.25, 0.3) is 10.2 Å². The summed E-state index contributed by atoms with van der Waals surface area (Å²) in [6, 6.07) is 2.00. The Labute approximate surface area is 105 Å². The van der Waals surface area contributed by atoms with Gasteiger partial charge in [0, 0.05) is 7.05 Å². The number of fused-ring (bicyclic) bond motifs is 1. The Hall–Kier alpha value is -1.36. The fourth-order valence-corrected chi connectivity index (χ4v) is 2.10. The highest BCUT2D eigenvalue weighted by atomic mass is 32.1. The Morgan fingerprint density at radius 1 is 1.29 bits per heavy atom. The second-order valence-electron chi connectivity index (χ2n) is 4.31. The van der Waals surface area contributed by atoms with Crippen LogP contribution in [0, 0.1) is 5.92 Å². The van der Waals surface area contributed by atoms with Gasteiger partial charge in [-0.2, -0.15) is 4.98 Å². The lowest BCUT2D eigenvalue weighted by Crippen LogP contribution is -2.19. The zero-order chi connectivity index (χ0) is 12.4. The lowest BCUT2D eigenvalue weighted by atomic mass is 10.1. The van der Waals surface area contributed by atoms with Crippen LogP contribution in [0.4, 0.5) is 5.95 Å². The molecular formula is C12H17N3OS. The molecule has 2 rings (SSSR count). The average Bonchev–Trinajstić information content (AvgIpc) is 2.76. The van der Waals surface area contributed by atoms with E-state index >= 15 is 0 Å². The first kappa shape index (κ1) is 12.1. The molecule has 2 aromatic rings. The second-order valence-corrected chi connectivity index (χ2v) is 5.20. The molecule has 4 nitrogen and oxygen atoms in total. The Kier molecular flexibility index (Phi) is 3.47. The van der Waals surface area contributed by atoms with Gasteiger partial charge in [0.05, 0.1) is 11.5 Å². The maximum atomic E-state index is 5.91. The Balaban J connectivity index is 2.40. The molecule has 0 saturated heterocycles. The average molecular weight is 251 g/mol. The fourth-order valence-electron chi connectivity index (χ4n) is 1.34. The molecule has 1 N–H and O–H groups in total. The van der Waals surface area contributed by atoms with Gasteiger partial charge in [0.2, 0.25) is 11.8 Å². The highest BCUT2D eigenvalue weighted by Gasteiger charge is 2.14. The van der Waals surface area contributed by atoms with Crippen molar-refractivity contribution in [2.45, 2.75) is 26.9 Å².